The number of aromatic nitrogens is 1. The molecule has 1 fully saturated rings. The maximum atomic E-state index is 5.97. The third-order valence-corrected chi connectivity index (χ3v) is 3.57. The molecule has 1 aliphatic rings. The minimum atomic E-state index is 0. The molecule has 0 unspecified atom stereocenters. The van der Waals surface area contributed by atoms with E-state index in [1.165, 1.54) is 0 Å². The van der Waals surface area contributed by atoms with E-state index >= 15 is 0 Å². The molecule has 21 heavy (non-hydrogen) atoms. The molecular weight excluding hydrogens is 333 g/mol. The van der Waals surface area contributed by atoms with Crippen LogP contribution in [0.1, 0.15) is 12.3 Å². The Hall–Kier alpha value is -0.780. The van der Waals surface area contributed by atoms with Gasteiger partial charge in [0.15, 0.2) is 5.76 Å². The molecule has 4 nitrogen and oxygen atoms in total. The summed E-state index contributed by atoms with van der Waals surface area (Å²) in [6.07, 6.45) is 2.79. The van der Waals surface area contributed by atoms with Crippen molar-refractivity contribution >= 4 is 36.4 Å². The Morgan fingerprint density at radius 1 is 1.38 bits per heavy atom. The van der Waals surface area contributed by atoms with Crippen LogP contribution in [0.5, 0.6) is 0 Å². The zero-order valence-corrected chi connectivity index (χ0v) is 13.8. The van der Waals surface area contributed by atoms with Crippen LogP contribution in [0.25, 0.3) is 11.3 Å². The van der Waals surface area contributed by atoms with Gasteiger partial charge in [-0.05, 0) is 18.6 Å². The van der Waals surface area contributed by atoms with Crippen molar-refractivity contribution in [2.24, 2.45) is 5.73 Å². The summed E-state index contributed by atoms with van der Waals surface area (Å²) in [6, 6.07) is 7.86. The molecule has 2 heterocycles. The van der Waals surface area contributed by atoms with Gasteiger partial charge in [-0.25, -0.2) is 4.98 Å². The van der Waals surface area contributed by atoms with Crippen LogP contribution >= 0.6 is 36.4 Å². The Morgan fingerprint density at radius 3 is 2.86 bits per heavy atom. The van der Waals surface area contributed by atoms with Gasteiger partial charge in [-0.2, -0.15) is 0 Å². The minimum absolute atomic E-state index is 0. The molecule has 116 valence electrons. The molecule has 0 spiro atoms. The van der Waals surface area contributed by atoms with Crippen LogP contribution in [0, 0.1) is 0 Å². The first-order valence-electron chi connectivity index (χ1n) is 6.39. The van der Waals surface area contributed by atoms with E-state index in [1.54, 1.807) is 6.20 Å². The molecule has 0 radical (unpaired) electrons. The van der Waals surface area contributed by atoms with Gasteiger partial charge in [0.25, 0.3) is 0 Å². The highest BCUT2D eigenvalue weighted by atomic mass is 35.5. The van der Waals surface area contributed by atoms with Crippen molar-refractivity contribution in [3.8, 4) is 11.3 Å². The number of benzene rings is 1. The average molecular weight is 351 g/mol. The zero-order valence-electron chi connectivity index (χ0n) is 11.4. The zero-order chi connectivity index (χ0) is 13.2. The molecule has 0 saturated carbocycles. The number of likely N-dealkylation sites (tertiary alicyclic amines) is 1. The predicted molar refractivity (Wildman–Crippen MR) is 89.3 cm³/mol. The summed E-state index contributed by atoms with van der Waals surface area (Å²) < 4.78 is 5.77. The van der Waals surface area contributed by atoms with E-state index in [2.05, 4.69) is 9.88 Å². The Morgan fingerprint density at radius 2 is 2.19 bits per heavy atom. The first kappa shape index (κ1) is 18.3. The second-order valence-corrected chi connectivity index (χ2v) is 5.35. The first-order chi connectivity index (χ1) is 9.20. The molecule has 1 aromatic heterocycles. The van der Waals surface area contributed by atoms with Crippen LogP contribution in [-0.2, 0) is 6.54 Å². The molecule has 0 bridgehead atoms. The first-order valence-corrected chi connectivity index (χ1v) is 6.77. The van der Waals surface area contributed by atoms with Gasteiger partial charge in [0, 0.05) is 29.7 Å². The van der Waals surface area contributed by atoms with Crippen molar-refractivity contribution < 1.29 is 4.42 Å². The smallest absolute Gasteiger partial charge is 0.209 e. The lowest BCUT2D eigenvalue weighted by Gasteiger charge is -2.11. The van der Waals surface area contributed by atoms with E-state index in [0.29, 0.717) is 11.6 Å². The molecule has 2 aromatic rings. The molecule has 1 saturated heterocycles. The quantitative estimate of drug-likeness (QED) is 0.922. The number of nitrogens with two attached hydrogens (primary N) is 1. The van der Waals surface area contributed by atoms with Crippen molar-refractivity contribution in [3.63, 3.8) is 0 Å². The lowest BCUT2D eigenvalue weighted by atomic mass is 10.2. The van der Waals surface area contributed by atoms with Gasteiger partial charge >= 0.3 is 0 Å². The summed E-state index contributed by atoms with van der Waals surface area (Å²) >= 11 is 5.97. The van der Waals surface area contributed by atoms with E-state index in [-0.39, 0.29) is 30.9 Å². The van der Waals surface area contributed by atoms with Gasteiger partial charge < -0.3 is 10.2 Å². The standard InChI is InChI=1S/C14H16ClN3O.2ClH/c15-11-3-1-2-10(6-11)13-7-17-14(19-13)9-18-5-4-12(16)8-18;;/h1-3,6-7,12H,4-5,8-9,16H2;2*1H/t12-;;/m0../s1. The highest BCUT2D eigenvalue weighted by molar-refractivity contribution is 6.30. The van der Waals surface area contributed by atoms with Crippen LogP contribution in [-0.4, -0.2) is 29.0 Å². The lowest BCUT2D eigenvalue weighted by Crippen LogP contribution is -2.26. The molecular formula is C14H18Cl3N3O. The van der Waals surface area contributed by atoms with E-state index in [9.17, 15) is 0 Å². The fraction of sp³-hybridized carbons (Fsp3) is 0.357. The molecule has 1 aromatic carbocycles. The van der Waals surface area contributed by atoms with E-state index in [1.807, 2.05) is 24.3 Å². The number of hydrogen-bond donors (Lipinski definition) is 1. The number of halogens is 3. The van der Waals surface area contributed by atoms with Crippen LogP contribution < -0.4 is 5.73 Å². The highest BCUT2D eigenvalue weighted by Crippen LogP contribution is 2.24. The van der Waals surface area contributed by atoms with Gasteiger partial charge in [-0.1, -0.05) is 23.7 Å². The molecule has 2 N–H and O–H groups in total. The summed E-state index contributed by atoms with van der Waals surface area (Å²) in [4.78, 5) is 6.58. The molecule has 1 aliphatic heterocycles. The molecule has 7 heteroatoms. The Kier molecular flexibility index (Phi) is 6.97. The van der Waals surface area contributed by atoms with Crippen molar-refractivity contribution in [2.75, 3.05) is 13.1 Å². The predicted octanol–water partition coefficient (Wildman–Crippen LogP) is 3.37. The fourth-order valence-corrected chi connectivity index (χ4v) is 2.55. The molecule has 0 amide bonds. The summed E-state index contributed by atoms with van der Waals surface area (Å²) in [5, 5.41) is 0.695. The molecule has 0 aliphatic carbocycles. The third-order valence-electron chi connectivity index (χ3n) is 3.33. The van der Waals surface area contributed by atoms with Gasteiger partial charge in [-0.15, -0.1) is 24.8 Å². The summed E-state index contributed by atoms with van der Waals surface area (Å²) in [5.74, 6) is 1.48. The van der Waals surface area contributed by atoms with Crippen LogP contribution in [0.2, 0.25) is 5.02 Å². The van der Waals surface area contributed by atoms with E-state index in [4.69, 9.17) is 21.8 Å². The normalized spacial score (nSPS) is 18.1. The van der Waals surface area contributed by atoms with E-state index in [0.717, 1.165) is 36.7 Å². The SMILES string of the molecule is Cl.Cl.N[C@H]1CCN(Cc2ncc(-c3cccc(Cl)c3)o2)C1. The van der Waals surface area contributed by atoms with Crippen LogP contribution in [0.4, 0.5) is 0 Å². The van der Waals surface area contributed by atoms with Gasteiger partial charge in [0.2, 0.25) is 5.89 Å². The van der Waals surface area contributed by atoms with Crippen LogP contribution in [0.3, 0.4) is 0 Å². The average Bonchev–Trinajstić information content (AvgIpc) is 2.99. The summed E-state index contributed by atoms with van der Waals surface area (Å²) in [6.45, 7) is 2.64. The number of rotatable bonds is 3. The van der Waals surface area contributed by atoms with Gasteiger partial charge in [-0.3, -0.25) is 4.90 Å². The third kappa shape index (κ3) is 4.59. The highest BCUT2D eigenvalue weighted by Gasteiger charge is 2.20. The van der Waals surface area contributed by atoms with Crippen molar-refractivity contribution in [1.82, 2.24) is 9.88 Å². The Bertz CT molecular complexity index is 576. The second kappa shape index (κ2) is 8.01. The number of nitrogens with zero attached hydrogens (tertiary/aromatic N) is 2. The largest absolute Gasteiger partial charge is 0.439 e. The fourth-order valence-electron chi connectivity index (χ4n) is 2.36. The van der Waals surface area contributed by atoms with Gasteiger partial charge in [0.05, 0.1) is 12.7 Å². The van der Waals surface area contributed by atoms with Crippen molar-refractivity contribution in [1.29, 1.82) is 0 Å². The van der Waals surface area contributed by atoms with Crippen molar-refractivity contribution in [2.45, 2.75) is 19.0 Å². The van der Waals surface area contributed by atoms with Crippen LogP contribution in [0.15, 0.2) is 34.9 Å². The Balaban J connectivity index is 0.00000110. The second-order valence-electron chi connectivity index (χ2n) is 4.91. The van der Waals surface area contributed by atoms with Gasteiger partial charge in [0.1, 0.15) is 0 Å². The summed E-state index contributed by atoms with van der Waals surface area (Å²) in [5.41, 5.74) is 6.83. The minimum Gasteiger partial charge on any atom is -0.439 e. The molecule has 1 atom stereocenters. The maximum Gasteiger partial charge on any atom is 0.209 e. The maximum absolute atomic E-state index is 5.97. The molecule has 3 rings (SSSR count). The lowest BCUT2D eigenvalue weighted by molar-refractivity contribution is 0.289. The topological polar surface area (TPSA) is 55.3 Å². The van der Waals surface area contributed by atoms with E-state index < -0.39 is 0 Å². The van der Waals surface area contributed by atoms with Crippen molar-refractivity contribution in [3.05, 3.63) is 41.4 Å². The monoisotopic (exact) mass is 349 g/mol. The number of hydrogen-bond acceptors (Lipinski definition) is 4. The Labute approximate surface area is 141 Å². The summed E-state index contributed by atoms with van der Waals surface area (Å²) in [7, 11) is 0. The number of oxazole rings is 1.